The van der Waals surface area contributed by atoms with Crippen LogP contribution < -0.4 is 0 Å². The molecular weight excluding hydrogens is 291 g/mol. The molecule has 1 rings (SSSR count). The van der Waals surface area contributed by atoms with Gasteiger partial charge in [-0.25, -0.2) is 8.02 Å². The number of rotatable bonds is 10. The summed E-state index contributed by atoms with van der Waals surface area (Å²) in [5.74, 6) is 2.12. The maximum Gasteiger partial charge on any atom is 0.123 e. The Bertz CT molecular complexity index is 273. The molecule has 116 valence electrons. The molecule has 1 aromatic carbocycles. The van der Waals surface area contributed by atoms with Gasteiger partial charge in [-0.05, 0) is 25.0 Å². The van der Waals surface area contributed by atoms with Gasteiger partial charge in [0.1, 0.15) is 5.82 Å². The van der Waals surface area contributed by atoms with Crippen molar-refractivity contribution in [1.82, 2.24) is 0 Å². The Morgan fingerprint density at radius 1 is 0.850 bits per heavy atom. The molecule has 0 fully saturated rings. The molecule has 0 saturated heterocycles. The van der Waals surface area contributed by atoms with Gasteiger partial charge in [-0.2, -0.15) is 0 Å². The Kier molecular flexibility index (Phi) is 16.7. The summed E-state index contributed by atoms with van der Waals surface area (Å²) in [5, 5.41) is 0. The van der Waals surface area contributed by atoms with Crippen molar-refractivity contribution in [2.24, 2.45) is 0 Å². The van der Waals surface area contributed by atoms with E-state index >= 15 is 0 Å². The lowest BCUT2D eigenvalue weighted by Gasteiger charge is -2.00. The van der Waals surface area contributed by atoms with Gasteiger partial charge in [-0.3, -0.25) is 0 Å². The van der Waals surface area contributed by atoms with Gasteiger partial charge < -0.3 is 0 Å². The summed E-state index contributed by atoms with van der Waals surface area (Å²) in [5.41, 5.74) is 0. The first-order chi connectivity index (χ1) is 9.81. The van der Waals surface area contributed by atoms with Crippen LogP contribution in [0, 0.1) is 5.82 Å². The molecule has 0 spiro atoms. The largest absolute Gasteiger partial charge is 0.247 e. The van der Waals surface area contributed by atoms with E-state index in [0.29, 0.717) is 0 Å². The van der Waals surface area contributed by atoms with E-state index in [1.165, 1.54) is 50.7 Å². The first-order valence-electron chi connectivity index (χ1n) is 7.42. The lowest BCUT2D eigenvalue weighted by atomic mass is 10.3. The van der Waals surface area contributed by atoms with Gasteiger partial charge in [0.05, 0.1) is 0 Å². The highest BCUT2D eigenvalue weighted by molar-refractivity contribution is 8.07. The second-order valence-corrected chi connectivity index (χ2v) is 6.25. The summed E-state index contributed by atoms with van der Waals surface area (Å²) in [6.07, 6.45) is 7.83. The molecule has 0 aromatic heterocycles. The van der Waals surface area contributed by atoms with Crippen molar-refractivity contribution in [1.29, 1.82) is 0 Å². The topological polar surface area (TPSA) is 9.23 Å². The second-order valence-electron chi connectivity index (χ2n) is 4.42. The third-order valence-electron chi connectivity index (χ3n) is 2.49. The van der Waals surface area contributed by atoms with Crippen LogP contribution in [0.25, 0.3) is 0 Å². The monoisotopic (exact) mass is 318 g/mol. The zero-order valence-corrected chi connectivity index (χ0v) is 14.3. The predicted molar refractivity (Wildman–Crippen MR) is 91.5 cm³/mol. The first-order valence-corrected chi connectivity index (χ1v) is 9.25. The molecule has 20 heavy (non-hydrogen) atoms. The molecular formula is C16H27FOS2. The number of unbranched alkanes of at least 4 members (excludes halogenated alkanes) is 4. The van der Waals surface area contributed by atoms with E-state index in [2.05, 4.69) is 13.8 Å². The van der Waals surface area contributed by atoms with E-state index in [4.69, 9.17) is 3.63 Å². The van der Waals surface area contributed by atoms with Gasteiger partial charge in [0.25, 0.3) is 0 Å². The quantitative estimate of drug-likeness (QED) is 0.360. The molecule has 0 atom stereocenters. The summed E-state index contributed by atoms with van der Waals surface area (Å²) in [6.45, 7) is 4.45. The Hall–Kier alpha value is -0.190. The third-order valence-corrected chi connectivity index (χ3v) is 4.17. The lowest BCUT2D eigenvalue weighted by Crippen LogP contribution is -1.81. The zero-order valence-electron chi connectivity index (χ0n) is 12.6. The van der Waals surface area contributed by atoms with Crippen LogP contribution in [0.4, 0.5) is 4.39 Å². The van der Waals surface area contributed by atoms with Crippen LogP contribution in [0.2, 0.25) is 0 Å². The minimum absolute atomic E-state index is 0.178. The van der Waals surface area contributed by atoms with Crippen molar-refractivity contribution in [2.75, 3.05) is 11.5 Å². The average Bonchev–Trinajstić information content (AvgIpc) is 2.47. The smallest absolute Gasteiger partial charge is 0.123 e. The fraction of sp³-hybridized carbons (Fsp3) is 0.625. The van der Waals surface area contributed by atoms with Crippen LogP contribution in [-0.2, 0) is 3.63 Å². The van der Waals surface area contributed by atoms with E-state index in [-0.39, 0.29) is 5.82 Å². The molecule has 0 aliphatic carbocycles. The average molecular weight is 319 g/mol. The molecule has 0 heterocycles. The Morgan fingerprint density at radius 3 is 1.70 bits per heavy atom. The van der Waals surface area contributed by atoms with Crippen molar-refractivity contribution in [3.05, 3.63) is 36.1 Å². The Labute approximate surface area is 132 Å². The lowest BCUT2D eigenvalue weighted by molar-refractivity contribution is 0.628. The van der Waals surface area contributed by atoms with Gasteiger partial charge in [0, 0.05) is 35.6 Å². The van der Waals surface area contributed by atoms with Gasteiger partial charge in [0.15, 0.2) is 0 Å². The highest BCUT2D eigenvalue weighted by atomic mass is 32.2. The van der Waals surface area contributed by atoms with E-state index in [0.717, 1.165) is 11.5 Å². The number of benzene rings is 1. The van der Waals surface area contributed by atoms with Gasteiger partial charge >= 0.3 is 0 Å². The summed E-state index contributed by atoms with van der Waals surface area (Å²) in [4.78, 5) is 0. The molecule has 0 aliphatic rings. The van der Waals surface area contributed by atoms with Crippen molar-refractivity contribution in [2.45, 2.75) is 52.4 Å². The number of halogens is 1. The molecule has 0 N–H and O–H groups in total. The fourth-order valence-corrected chi connectivity index (χ4v) is 2.80. The fourth-order valence-electron chi connectivity index (χ4n) is 1.34. The van der Waals surface area contributed by atoms with E-state index in [1.807, 2.05) is 0 Å². The van der Waals surface area contributed by atoms with Crippen LogP contribution in [0.15, 0.2) is 30.3 Å². The SMILES string of the molecule is CCCCCSOSCCCCC.Fc1ccccc1. The van der Waals surface area contributed by atoms with Crippen LogP contribution in [0.1, 0.15) is 52.4 Å². The van der Waals surface area contributed by atoms with Crippen LogP contribution in [0.5, 0.6) is 0 Å². The van der Waals surface area contributed by atoms with Gasteiger partial charge in [-0.1, -0.05) is 57.7 Å². The molecule has 0 aliphatic heterocycles. The van der Waals surface area contributed by atoms with Gasteiger partial charge in [-0.15, -0.1) is 0 Å². The zero-order chi connectivity index (χ0) is 14.9. The predicted octanol–water partition coefficient (Wildman–Crippen LogP) is 6.51. The standard InChI is InChI=1S/C10H22OS2.C6H5F/c1-3-5-7-9-12-11-13-10-8-6-4-2;7-6-4-2-1-3-5-6/h3-10H2,1-2H3;1-5H. The summed E-state index contributed by atoms with van der Waals surface area (Å²) in [6, 6.07) is 7.94. The van der Waals surface area contributed by atoms with E-state index in [9.17, 15) is 4.39 Å². The Balaban J connectivity index is 0.000000428. The third kappa shape index (κ3) is 15.9. The van der Waals surface area contributed by atoms with Crippen molar-refractivity contribution in [3.63, 3.8) is 0 Å². The van der Waals surface area contributed by atoms with Crippen molar-refractivity contribution in [3.8, 4) is 0 Å². The summed E-state index contributed by atoms with van der Waals surface area (Å²) in [7, 11) is 0. The number of hydrogen-bond donors (Lipinski definition) is 0. The summed E-state index contributed by atoms with van der Waals surface area (Å²) < 4.78 is 17.3. The molecule has 4 heteroatoms. The molecule has 1 aromatic rings. The van der Waals surface area contributed by atoms with E-state index in [1.54, 1.807) is 42.3 Å². The highest BCUT2D eigenvalue weighted by Gasteiger charge is 1.92. The molecule has 0 bridgehead atoms. The van der Waals surface area contributed by atoms with Crippen LogP contribution in [-0.4, -0.2) is 11.5 Å². The summed E-state index contributed by atoms with van der Waals surface area (Å²) >= 11 is 3.23. The van der Waals surface area contributed by atoms with E-state index < -0.39 is 0 Å². The molecule has 1 nitrogen and oxygen atoms in total. The highest BCUT2D eigenvalue weighted by Crippen LogP contribution is 2.17. The first kappa shape index (κ1) is 19.8. The van der Waals surface area contributed by atoms with Crippen LogP contribution in [0.3, 0.4) is 0 Å². The molecule has 0 radical (unpaired) electrons. The maximum absolute atomic E-state index is 11.9. The molecule has 0 saturated carbocycles. The number of hydrogen-bond acceptors (Lipinski definition) is 3. The minimum atomic E-state index is -0.178. The normalized spacial score (nSPS) is 9.95. The minimum Gasteiger partial charge on any atom is -0.247 e. The Morgan fingerprint density at radius 2 is 1.35 bits per heavy atom. The molecule has 0 amide bonds. The van der Waals surface area contributed by atoms with Crippen LogP contribution >= 0.6 is 24.1 Å². The van der Waals surface area contributed by atoms with Crippen molar-refractivity contribution < 1.29 is 8.02 Å². The molecule has 0 unspecified atom stereocenters. The van der Waals surface area contributed by atoms with Crippen molar-refractivity contribution >= 4 is 24.1 Å². The van der Waals surface area contributed by atoms with Gasteiger partial charge in [0.2, 0.25) is 0 Å². The second kappa shape index (κ2) is 16.9. The maximum atomic E-state index is 11.9.